The summed E-state index contributed by atoms with van der Waals surface area (Å²) >= 11 is 0. The molecule has 1 aliphatic rings. The topological polar surface area (TPSA) is 15.3 Å². The van der Waals surface area contributed by atoms with Gasteiger partial charge in [-0.1, -0.05) is 32.0 Å². The van der Waals surface area contributed by atoms with Gasteiger partial charge in [-0.25, -0.2) is 0 Å². The third-order valence-corrected chi connectivity index (χ3v) is 4.42. The van der Waals surface area contributed by atoms with Crippen LogP contribution in [-0.4, -0.2) is 25.7 Å². The Morgan fingerprint density at radius 3 is 2.85 bits per heavy atom. The van der Waals surface area contributed by atoms with Crippen molar-refractivity contribution >= 4 is 5.69 Å². The molecule has 20 heavy (non-hydrogen) atoms. The normalized spacial score (nSPS) is 16.6. The van der Waals surface area contributed by atoms with Gasteiger partial charge in [-0.05, 0) is 56.7 Å². The summed E-state index contributed by atoms with van der Waals surface area (Å²) in [6.07, 6.45) is 7.75. The molecular weight excluding hydrogens is 244 g/mol. The molecule has 1 atom stereocenters. The van der Waals surface area contributed by atoms with E-state index in [0.717, 1.165) is 6.54 Å². The van der Waals surface area contributed by atoms with Gasteiger partial charge in [0.1, 0.15) is 0 Å². The molecule has 0 fully saturated rings. The first-order chi connectivity index (χ1) is 9.85. The molecule has 2 heteroatoms. The SMILES string of the molecule is CCNC(CC)CCCN1CCCCc2ccccc21. The van der Waals surface area contributed by atoms with Crippen LogP contribution in [0.1, 0.15) is 51.5 Å². The molecule has 0 spiro atoms. The Balaban J connectivity index is 1.89. The average Bonchev–Trinajstić information content (AvgIpc) is 2.69. The number of hydrogen-bond acceptors (Lipinski definition) is 2. The lowest BCUT2D eigenvalue weighted by molar-refractivity contribution is 0.465. The molecule has 112 valence electrons. The second kappa shape index (κ2) is 8.31. The zero-order valence-corrected chi connectivity index (χ0v) is 13.2. The van der Waals surface area contributed by atoms with Gasteiger partial charge in [-0.15, -0.1) is 0 Å². The molecule has 1 aromatic rings. The van der Waals surface area contributed by atoms with Crippen LogP contribution >= 0.6 is 0 Å². The number of hydrogen-bond donors (Lipinski definition) is 1. The van der Waals surface area contributed by atoms with Crippen molar-refractivity contribution in [3.63, 3.8) is 0 Å². The fourth-order valence-corrected chi connectivity index (χ4v) is 3.27. The maximum Gasteiger partial charge on any atom is 0.0398 e. The molecule has 0 saturated carbocycles. The van der Waals surface area contributed by atoms with Crippen LogP contribution in [0.3, 0.4) is 0 Å². The van der Waals surface area contributed by atoms with Gasteiger partial charge in [-0.3, -0.25) is 0 Å². The fourth-order valence-electron chi connectivity index (χ4n) is 3.27. The minimum atomic E-state index is 0.697. The summed E-state index contributed by atoms with van der Waals surface area (Å²) in [7, 11) is 0. The summed E-state index contributed by atoms with van der Waals surface area (Å²) in [4.78, 5) is 2.61. The molecule has 1 unspecified atom stereocenters. The van der Waals surface area contributed by atoms with Gasteiger partial charge in [0.15, 0.2) is 0 Å². The van der Waals surface area contributed by atoms with Crippen molar-refractivity contribution in [3.8, 4) is 0 Å². The smallest absolute Gasteiger partial charge is 0.0398 e. The maximum atomic E-state index is 3.58. The van der Waals surface area contributed by atoms with Crippen molar-refractivity contribution in [2.75, 3.05) is 24.5 Å². The summed E-state index contributed by atoms with van der Waals surface area (Å²) in [5.41, 5.74) is 3.03. The van der Waals surface area contributed by atoms with Crippen molar-refractivity contribution in [1.82, 2.24) is 5.32 Å². The van der Waals surface area contributed by atoms with E-state index in [1.54, 1.807) is 5.56 Å². The highest BCUT2D eigenvalue weighted by atomic mass is 15.1. The minimum absolute atomic E-state index is 0.697. The Kier molecular flexibility index (Phi) is 6.38. The van der Waals surface area contributed by atoms with Crippen molar-refractivity contribution in [3.05, 3.63) is 29.8 Å². The van der Waals surface area contributed by atoms with Crippen LogP contribution < -0.4 is 10.2 Å². The van der Waals surface area contributed by atoms with E-state index in [4.69, 9.17) is 0 Å². The lowest BCUT2D eigenvalue weighted by Crippen LogP contribution is -2.30. The van der Waals surface area contributed by atoms with Crippen LogP contribution in [0.5, 0.6) is 0 Å². The molecule has 0 aromatic heterocycles. The van der Waals surface area contributed by atoms with Gasteiger partial charge in [0.05, 0.1) is 0 Å². The van der Waals surface area contributed by atoms with Gasteiger partial charge in [-0.2, -0.15) is 0 Å². The van der Waals surface area contributed by atoms with Gasteiger partial charge in [0.2, 0.25) is 0 Å². The summed E-state index contributed by atoms with van der Waals surface area (Å²) in [5, 5.41) is 3.58. The molecule has 2 rings (SSSR count). The van der Waals surface area contributed by atoms with Crippen LogP contribution in [0.25, 0.3) is 0 Å². The van der Waals surface area contributed by atoms with E-state index in [-0.39, 0.29) is 0 Å². The monoisotopic (exact) mass is 274 g/mol. The standard InChI is InChI=1S/C18H30N2/c1-3-17(19-4-2)12-9-15-20-14-8-7-11-16-10-5-6-13-18(16)20/h5-6,10,13,17,19H,3-4,7-9,11-12,14-15H2,1-2H3. The second-order valence-corrected chi connectivity index (χ2v) is 5.88. The van der Waals surface area contributed by atoms with E-state index in [1.165, 1.54) is 57.3 Å². The highest BCUT2D eigenvalue weighted by Gasteiger charge is 2.14. The van der Waals surface area contributed by atoms with Crippen LogP contribution in [0.4, 0.5) is 5.69 Å². The van der Waals surface area contributed by atoms with Gasteiger partial charge < -0.3 is 10.2 Å². The molecular formula is C18H30N2. The maximum absolute atomic E-state index is 3.58. The van der Waals surface area contributed by atoms with Crippen LogP contribution in [0.15, 0.2) is 24.3 Å². The van der Waals surface area contributed by atoms with Crippen LogP contribution in [0, 0.1) is 0 Å². The largest absolute Gasteiger partial charge is 0.371 e. The Hall–Kier alpha value is -1.02. The van der Waals surface area contributed by atoms with Crippen molar-refractivity contribution in [1.29, 1.82) is 0 Å². The fraction of sp³-hybridized carbons (Fsp3) is 0.667. The summed E-state index contributed by atoms with van der Waals surface area (Å²) in [6.45, 7) is 8.02. The lowest BCUT2D eigenvalue weighted by atomic mass is 10.1. The number of benzene rings is 1. The van der Waals surface area contributed by atoms with Crippen LogP contribution in [0.2, 0.25) is 0 Å². The lowest BCUT2D eigenvalue weighted by Gasteiger charge is -2.26. The molecule has 1 N–H and O–H groups in total. The van der Waals surface area contributed by atoms with E-state index >= 15 is 0 Å². The van der Waals surface area contributed by atoms with E-state index in [1.807, 2.05) is 0 Å². The molecule has 1 heterocycles. The molecule has 1 aromatic carbocycles. The number of para-hydroxylation sites is 1. The first-order valence-corrected chi connectivity index (χ1v) is 8.41. The zero-order chi connectivity index (χ0) is 14.2. The third-order valence-electron chi connectivity index (χ3n) is 4.42. The molecule has 1 aliphatic heterocycles. The highest BCUT2D eigenvalue weighted by Crippen LogP contribution is 2.26. The van der Waals surface area contributed by atoms with E-state index in [2.05, 4.69) is 48.3 Å². The number of anilines is 1. The van der Waals surface area contributed by atoms with E-state index in [9.17, 15) is 0 Å². The molecule has 0 amide bonds. The molecule has 0 radical (unpaired) electrons. The number of aryl methyl sites for hydroxylation is 1. The van der Waals surface area contributed by atoms with Crippen molar-refractivity contribution < 1.29 is 0 Å². The Morgan fingerprint density at radius 1 is 1.20 bits per heavy atom. The minimum Gasteiger partial charge on any atom is -0.371 e. The van der Waals surface area contributed by atoms with Gasteiger partial charge in [0.25, 0.3) is 0 Å². The zero-order valence-electron chi connectivity index (χ0n) is 13.2. The first kappa shape index (κ1) is 15.4. The number of nitrogens with one attached hydrogen (secondary N) is 1. The highest BCUT2D eigenvalue weighted by molar-refractivity contribution is 5.54. The third kappa shape index (κ3) is 4.24. The number of nitrogens with zero attached hydrogens (tertiary/aromatic N) is 1. The molecule has 2 nitrogen and oxygen atoms in total. The molecule has 0 saturated heterocycles. The quantitative estimate of drug-likeness (QED) is 0.808. The van der Waals surface area contributed by atoms with Crippen molar-refractivity contribution in [2.24, 2.45) is 0 Å². The van der Waals surface area contributed by atoms with E-state index < -0.39 is 0 Å². The van der Waals surface area contributed by atoms with Gasteiger partial charge >= 0.3 is 0 Å². The average molecular weight is 274 g/mol. The van der Waals surface area contributed by atoms with E-state index in [0.29, 0.717) is 6.04 Å². The summed E-state index contributed by atoms with van der Waals surface area (Å²) in [5.74, 6) is 0. The summed E-state index contributed by atoms with van der Waals surface area (Å²) in [6, 6.07) is 9.68. The number of fused-ring (bicyclic) bond motifs is 1. The second-order valence-electron chi connectivity index (χ2n) is 5.88. The Labute approximate surface area is 124 Å². The van der Waals surface area contributed by atoms with Crippen molar-refractivity contribution in [2.45, 2.75) is 58.4 Å². The molecule has 0 aliphatic carbocycles. The molecule has 0 bridgehead atoms. The predicted octanol–water partition coefficient (Wildman–Crippen LogP) is 4.00. The summed E-state index contributed by atoms with van der Waals surface area (Å²) < 4.78 is 0. The predicted molar refractivity (Wildman–Crippen MR) is 88.6 cm³/mol. The Bertz CT molecular complexity index is 389. The first-order valence-electron chi connectivity index (χ1n) is 8.41. The Morgan fingerprint density at radius 2 is 2.05 bits per heavy atom. The van der Waals surface area contributed by atoms with Crippen LogP contribution in [-0.2, 0) is 6.42 Å². The van der Waals surface area contributed by atoms with Gasteiger partial charge in [0, 0.05) is 24.8 Å². The number of rotatable bonds is 7.